The summed E-state index contributed by atoms with van der Waals surface area (Å²) in [7, 11) is -2.46. The number of para-hydroxylation sites is 3. The molecular formula is C20H15ClN2O3S. The molecule has 0 atom stereocenters. The maximum absolute atomic E-state index is 13.0. The zero-order valence-corrected chi connectivity index (χ0v) is 15.9. The van der Waals surface area contributed by atoms with Crippen LogP contribution in [0.1, 0.15) is 5.56 Å². The minimum absolute atomic E-state index is 0.0106. The molecule has 0 N–H and O–H groups in total. The number of anilines is 1. The summed E-state index contributed by atoms with van der Waals surface area (Å²) >= 11 is 5.99. The third-order valence-corrected chi connectivity index (χ3v) is 5.98. The van der Waals surface area contributed by atoms with Gasteiger partial charge in [-0.1, -0.05) is 41.9 Å². The molecule has 0 bridgehead atoms. The van der Waals surface area contributed by atoms with E-state index < -0.39 is 10.0 Å². The Kier molecular flexibility index (Phi) is 5.36. The molecule has 5 nitrogen and oxygen atoms in total. The number of ether oxygens (including phenoxy) is 1. The van der Waals surface area contributed by atoms with E-state index >= 15 is 0 Å². The summed E-state index contributed by atoms with van der Waals surface area (Å²) in [6.07, 6.45) is 0. The minimum atomic E-state index is -3.89. The molecule has 0 unspecified atom stereocenters. The van der Waals surface area contributed by atoms with Crippen molar-refractivity contribution in [2.45, 2.75) is 4.90 Å². The molecule has 0 aliphatic carbocycles. The summed E-state index contributed by atoms with van der Waals surface area (Å²) in [5, 5.41) is 9.05. The third-order valence-electron chi connectivity index (χ3n) is 3.89. The molecule has 3 aromatic carbocycles. The molecule has 0 aliphatic heterocycles. The molecule has 3 aromatic rings. The fourth-order valence-electron chi connectivity index (χ4n) is 2.45. The van der Waals surface area contributed by atoms with E-state index in [2.05, 4.69) is 0 Å². The Bertz CT molecular complexity index is 1110. The molecule has 7 heteroatoms. The molecular weight excluding hydrogens is 384 g/mol. The van der Waals surface area contributed by atoms with Crippen LogP contribution in [0, 0.1) is 11.3 Å². The topological polar surface area (TPSA) is 70.4 Å². The van der Waals surface area contributed by atoms with E-state index in [-0.39, 0.29) is 15.5 Å². The summed E-state index contributed by atoms with van der Waals surface area (Å²) in [6.45, 7) is 0. The van der Waals surface area contributed by atoms with Gasteiger partial charge in [-0.15, -0.1) is 0 Å². The smallest absolute Gasteiger partial charge is 0.264 e. The van der Waals surface area contributed by atoms with Gasteiger partial charge in [0.2, 0.25) is 0 Å². The lowest BCUT2D eigenvalue weighted by Gasteiger charge is -2.22. The van der Waals surface area contributed by atoms with Crippen LogP contribution in [0.5, 0.6) is 11.5 Å². The second-order valence-corrected chi connectivity index (χ2v) is 7.99. The molecule has 136 valence electrons. The standard InChI is InChI=1S/C20H15ClN2O3S/c1-23(27(24,25)17-12-11-15(14-22)18(21)13-17)19-9-5-6-10-20(19)26-16-7-3-2-4-8-16/h2-13H,1H3. The van der Waals surface area contributed by atoms with Crippen LogP contribution in [-0.4, -0.2) is 15.5 Å². The van der Waals surface area contributed by atoms with E-state index in [9.17, 15) is 8.42 Å². The normalized spacial score (nSPS) is 10.9. The van der Waals surface area contributed by atoms with Gasteiger partial charge in [-0.05, 0) is 42.5 Å². The van der Waals surface area contributed by atoms with Gasteiger partial charge in [-0.3, -0.25) is 4.31 Å². The lowest BCUT2D eigenvalue weighted by atomic mass is 10.2. The molecule has 0 saturated heterocycles. The molecule has 0 fully saturated rings. The van der Waals surface area contributed by atoms with Crippen molar-refractivity contribution in [1.29, 1.82) is 5.26 Å². The second-order valence-electron chi connectivity index (χ2n) is 5.61. The van der Waals surface area contributed by atoms with Crippen LogP contribution in [-0.2, 0) is 10.0 Å². The molecule has 0 amide bonds. The highest BCUT2D eigenvalue weighted by molar-refractivity contribution is 7.92. The summed E-state index contributed by atoms with van der Waals surface area (Å²) in [6, 6.07) is 21.9. The molecule has 0 heterocycles. The highest BCUT2D eigenvalue weighted by Crippen LogP contribution is 2.34. The molecule has 3 rings (SSSR count). The van der Waals surface area contributed by atoms with Crippen molar-refractivity contribution in [1.82, 2.24) is 0 Å². The van der Waals surface area contributed by atoms with Crippen molar-refractivity contribution < 1.29 is 13.2 Å². The number of hydrogen-bond acceptors (Lipinski definition) is 4. The average molecular weight is 399 g/mol. The Hall–Kier alpha value is -3.01. The van der Waals surface area contributed by atoms with E-state index in [1.807, 2.05) is 24.3 Å². The van der Waals surface area contributed by atoms with E-state index in [0.717, 1.165) is 4.31 Å². The zero-order valence-electron chi connectivity index (χ0n) is 14.3. The number of rotatable bonds is 5. The number of sulfonamides is 1. The quantitative estimate of drug-likeness (QED) is 0.617. The Labute approximate surface area is 163 Å². The van der Waals surface area contributed by atoms with Crippen LogP contribution in [0.4, 0.5) is 5.69 Å². The van der Waals surface area contributed by atoms with Crippen molar-refractivity contribution in [2.24, 2.45) is 0 Å². The van der Waals surface area contributed by atoms with Gasteiger partial charge in [0.25, 0.3) is 10.0 Å². The molecule has 0 saturated carbocycles. The average Bonchev–Trinajstić information content (AvgIpc) is 2.68. The zero-order chi connectivity index (χ0) is 19.4. The van der Waals surface area contributed by atoms with Gasteiger partial charge in [0.1, 0.15) is 11.8 Å². The number of nitriles is 1. The van der Waals surface area contributed by atoms with Crippen molar-refractivity contribution in [3.63, 3.8) is 0 Å². The second kappa shape index (κ2) is 7.70. The molecule has 0 aromatic heterocycles. The Morgan fingerprint density at radius 2 is 1.67 bits per heavy atom. The highest BCUT2D eigenvalue weighted by atomic mass is 35.5. The first-order valence-electron chi connectivity index (χ1n) is 7.94. The minimum Gasteiger partial charge on any atom is -0.455 e. The van der Waals surface area contributed by atoms with Crippen LogP contribution in [0.15, 0.2) is 77.7 Å². The predicted octanol–water partition coefficient (Wildman–Crippen LogP) is 4.83. The van der Waals surface area contributed by atoms with Gasteiger partial charge in [0.05, 0.1) is 21.2 Å². The van der Waals surface area contributed by atoms with Crippen LogP contribution >= 0.6 is 11.6 Å². The first-order chi connectivity index (χ1) is 12.9. The van der Waals surface area contributed by atoms with Gasteiger partial charge in [0.15, 0.2) is 5.75 Å². The Morgan fingerprint density at radius 3 is 2.33 bits per heavy atom. The van der Waals surface area contributed by atoms with Crippen molar-refractivity contribution in [2.75, 3.05) is 11.4 Å². The first kappa shape index (κ1) is 18.8. The monoisotopic (exact) mass is 398 g/mol. The van der Waals surface area contributed by atoms with Crippen molar-refractivity contribution in [3.05, 3.63) is 83.4 Å². The van der Waals surface area contributed by atoms with Crippen LogP contribution in [0.25, 0.3) is 0 Å². The van der Waals surface area contributed by atoms with E-state index in [1.54, 1.807) is 36.4 Å². The number of hydrogen-bond donors (Lipinski definition) is 0. The van der Waals surface area contributed by atoms with Crippen molar-refractivity contribution in [3.8, 4) is 17.6 Å². The van der Waals surface area contributed by atoms with Crippen LogP contribution in [0.3, 0.4) is 0 Å². The van der Waals surface area contributed by atoms with Crippen LogP contribution < -0.4 is 9.04 Å². The molecule has 0 spiro atoms. The third kappa shape index (κ3) is 3.90. The maximum Gasteiger partial charge on any atom is 0.264 e. The van der Waals surface area contributed by atoms with Crippen LogP contribution in [0.2, 0.25) is 5.02 Å². The van der Waals surface area contributed by atoms with Gasteiger partial charge in [-0.25, -0.2) is 8.42 Å². The van der Waals surface area contributed by atoms with Gasteiger partial charge >= 0.3 is 0 Å². The lowest BCUT2D eigenvalue weighted by Crippen LogP contribution is -2.27. The fourth-order valence-corrected chi connectivity index (χ4v) is 3.97. The van der Waals surface area contributed by atoms with Crippen molar-refractivity contribution >= 4 is 27.3 Å². The summed E-state index contributed by atoms with van der Waals surface area (Å²) in [4.78, 5) is -0.0106. The summed E-state index contributed by atoms with van der Waals surface area (Å²) in [5.74, 6) is 0.992. The maximum atomic E-state index is 13.0. The summed E-state index contributed by atoms with van der Waals surface area (Å²) in [5.41, 5.74) is 0.591. The highest BCUT2D eigenvalue weighted by Gasteiger charge is 2.24. The van der Waals surface area contributed by atoms with Gasteiger partial charge in [-0.2, -0.15) is 5.26 Å². The van der Waals surface area contributed by atoms with Gasteiger partial charge in [0, 0.05) is 7.05 Å². The van der Waals surface area contributed by atoms with Gasteiger partial charge < -0.3 is 4.74 Å². The Balaban J connectivity index is 1.99. The largest absolute Gasteiger partial charge is 0.455 e. The lowest BCUT2D eigenvalue weighted by molar-refractivity contribution is 0.483. The number of halogens is 1. The van der Waals surface area contributed by atoms with E-state index in [1.165, 1.54) is 25.2 Å². The fraction of sp³-hybridized carbons (Fsp3) is 0.0500. The summed E-state index contributed by atoms with van der Waals surface area (Å²) < 4.78 is 33.0. The first-order valence-corrected chi connectivity index (χ1v) is 9.76. The SMILES string of the molecule is CN(c1ccccc1Oc1ccccc1)S(=O)(=O)c1ccc(C#N)c(Cl)c1. The van der Waals surface area contributed by atoms with E-state index in [4.69, 9.17) is 21.6 Å². The molecule has 0 radical (unpaired) electrons. The Morgan fingerprint density at radius 1 is 1.00 bits per heavy atom. The molecule has 27 heavy (non-hydrogen) atoms. The van der Waals surface area contributed by atoms with E-state index in [0.29, 0.717) is 17.2 Å². The number of benzene rings is 3. The number of nitrogens with zero attached hydrogens (tertiary/aromatic N) is 2. The molecule has 0 aliphatic rings. The predicted molar refractivity (Wildman–Crippen MR) is 105 cm³/mol.